The molecule has 1 aliphatic rings. The Morgan fingerprint density at radius 1 is 1.19 bits per heavy atom. The van der Waals surface area contributed by atoms with Gasteiger partial charge < -0.3 is 5.32 Å². The SMILES string of the molecule is Cc1ccc(-n2nc(C(=O)NCCC3=CCCCC3)c(=O)n(C)c2=O)cc1. The van der Waals surface area contributed by atoms with E-state index in [2.05, 4.69) is 16.5 Å². The van der Waals surface area contributed by atoms with E-state index in [0.717, 1.165) is 34.1 Å². The van der Waals surface area contributed by atoms with E-state index in [1.807, 2.05) is 19.1 Å². The number of benzene rings is 1. The first kappa shape index (κ1) is 18.8. The smallest absolute Gasteiger partial charge is 0.350 e. The van der Waals surface area contributed by atoms with Crippen LogP contribution in [0.15, 0.2) is 45.5 Å². The van der Waals surface area contributed by atoms with Gasteiger partial charge in [0.05, 0.1) is 5.69 Å². The zero-order valence-corrected chi connectivity index (χ0v) is 15.7. The number of aromatic nitrogens is 3. The monoisotopic (exact) mass is 368 g/mol. The van der Waals surface area contributed by atoms with E-state index in [0.29, 0.717) is 12.2 Å². The molecule has 0 spiro atoms. The number of nitrogens with zero attached hydrogens (tertiary/aromatic N) is 3. The Morgan fingerprint density at radius 3 is 2.59 bits per heavy atom. The Bertz CT molecular complexity index is 984. The van der Waals surface area contributed by atoms with Gasteiger partial charge in [0.1, 0.15) is 0 Å². The van der Waals surface area contributed by atoms with Crippen molar-refractivity contribution in [3.63, 3.8) is 0 Å². The van der Waals surface area contributed by atoms with Gasteiger partial charge in [-0.15, -0.1) is 0 Å². The Morgan fingerprint density at radius 2 is 1.93 bits per heavy atom. The molecule has 0 saturated heterocycles. The molecular formula is C20H24N4O3. The molecule has 3 rings (SSSR count). The van der Waals surface area contributed by atoms with Crippen molar-refractivity contribution in [2.75, 3.05) is 6.54 Å². The molecule has 1 aliphatic carbocycles. The molecule has 7 heteroatoms. The van der Waals surface area contributed by atoms with Crippen molar-refractivity contribution in [2.24, 2.45) is 7.05 Å². The third-order valence-corrected chi connectivity index (χ3v) is 4.79. The lowest BCUT2D eigenvalue weighted by molar-refractivity contribution is 0.0944. The van der Waals surface area contributed by atoms with Crippen LogP contribution in [0.5, 0.6) is 0 Å². The highest BCUT2D eigenvalue weighted by molar-refractivity contribution is 5.91. The van der Waals surface area contributed by atoms with Crippen LogP contribution in [0.4, 0.5) is 0 Å². The molecule has 1 amide bonds. The van der Waals surface area contributed by atoms with Crippen LogP contribution in [0.25, 0.3) is 5.69 Å². The average Bonchev–Trinajstić information content (AvgIpc) is 2.68. The number of hydrogen-bond acceptors (Lipinski definition) is 4. The van der Waals surface area contributed by atoms with Crippen molar-refractivity contribution in [3.05, 3.63) is 68.0 Å². The number of hydrogen-bond donors (Lipinski definition) is 1. The third-order valence-electron chi connectivity index (χ3n) is 4.79. The van der Waals surface area contributed by atoms with Gasteiger partial charge in [0.2, 0.25) is 5.69 Å². The largest absolute Gasteiger partial charge is 0.351 e. The molecule has 7 nitrogen and oxygen atoms in total. The topological polar surface area (TPSA) is 86.0 Å². The van der Waals surface area contributed by atoms with Crippen LogP contribution in [0.3, 0.4) is 0 Å². The van der Waals surface area contributed by atoms with Crippen LogP contribution in [0.2, 0.25) is 0 Å². The van der Waals surface area contributed by atoms with E-state index < -0.39 is 17.2 Å². The number of amides is 1. The number of rotatable bonds is 5. The van der Waals surface area contributed by atoms with E-state index in [1.165, 1.54) is 25.5 Å². The molecule has 0 aliphatic heterocycles. The number of carbonyl (C=O) groups is 1. The van der Waals surface area contributed by atoms with Gasteiger partial charge in [-0.3, -0.25) is 14.2 Å². The molecule has 2 aromatic rings. The van der Waals surface area contributed by atoms with Crippen molar-refractivity contribution < 1.29 is 4.79 Å². The fraction of sp³-hybridized carbons (Fsp3) is 0.400. The van der Waals surface area contributed by atoms with Crippen LogP contribution >= 0.6 is 0 Å². The maximum atomic E-state index is 12.5. The summed E-state index contributed by atoms with van der Waals surface area (Å²) < 4.78 is 1.99. The molecule has 27 heavy (non-hydrogen) atoms. The maximum absolute atomic E-state index is 12.5. The van der Waals surface area contributed by atoms with Gasteiger partial charge in [0, 0.05) is 13.6 Å². The van der Waals surface area contributed by atoms with E-state index in [1.54, 1.807) is 12.1 Å². The fourth-order valence-corrected chi connectivity index (χ4v) is 3.12. The quantitative estimate of drug-likeness (QED) is 0.816. The normalized spacial score (nSPS) is 13.9. The highest BCUT2D eigenvalue weighted by atomic mass is 16.2. The highest BCUT2D eigenvalue weighted by Crippen LogP contribution is 2.19. The Labute approximate surface area is 157 Å². The first-order valence-corrected chi connectivity index (χ1v) is 9.21. The summed E-state index contributed by atoms with van der Waals surface area (Å²) in [6, 6.07) is 7.13. The van der Waals surface area contributed by atoms with Crippen molar-refractivity contribution in [2.45, 2.75) is 39.0 Å². The van der Waals surface area contributed by atoms with Crippen LogP contribution in [0, 0.1) is 6.92 Å². The van der Waals surface area contributed by atoms with Gasteiger partial charge in [-0.25, -0.2) is 4.79 Å². The van der Waals surface area contributed by atoms with Crippen molar-refractivity contribution in [3.8, 4) is 5.69 Å². The Hall–Kier alpha value is -2.96. The highest BCUT2D eigenvalue weighted by Gasteiger charge is 2.18. The summed E-state index contributed by atoms with van der Waals surface area (Å²) in [5, 5.41) is 6.79. The molecule has 1 N–H and O–H groups in total. The first-order chi connectivity index (χ1) is 13.0. The minimum atomic E-state index is -0.697. The molecule has 0 bridgehead atoms. The lowest BCUT2D eigenvalue weighted by Crippen LogP contribution is -2.44. The molecule has 1 aromatic heterocycles. The number of nitrogens with one attached hydrogen (secondary N) is 1. The van der Waals surface area contributed by atoms with Crippen molar-refractivity contribution in [1.29, 1.82) is 0 Å². The third kappa shape index (κ3) is 4.24. The molecular weight excluding hydrogens is 344 g/mol. The van der Waals surface area contributed by atoms with E-state index in [9.17, 15) is 14.4 Å². The van der Waals surface area contributed by atoms with Gasteiger partial charge >= 0.3 is 5.69 Å². The maximum Gasteiger partial charge on any atom is 0.351 e. The lowest BCUT2D eigenvalue weighted by Gasteiger charge is -2.13. The standard InChI is InChI=1S/C20H24N4O3/c1-14-8-10-16(11-9-14)24-20(27)23(2)19(26)17(22-24)18(25)21-13-12-15-6-4-3-5-7-15/h6,8-11H,3-5,7,12-13H2,1-2H3,(H,21,25). The summed E-state index contributed by atoms with van der Waals surface area (Å²) in [6.07, 6.45) is 7.55. The summed E-state index contributed by atoms with van der Waals surface area (Å²) >= 11 is 0. The molecule has 0 fully saturated rings. The number of allylic oxidation sites excluding steroid dienone is 1. The second-order valence-corrected chi connectivity index (χ2v) is 6.86. The molecule has 1 heterocycles. The Balaban J connectivity index is 1.83. The summed E-state index contributed by atoms with van der Waals surface area (Å²) in [5.74, 6) is -0.562. The first-order valence-electron chi connectivity index (χ1n) is 9.21. The van der Waals surface area contributed by atoms with Gasteiger partial charge in [-0.2, -0.15) is 9.78 Å². The van der Waals surface area contributed by atoms with Gasteiger partial charge in [0.15, 0.2) is 0 Å². The second-order valence-electron chi connectivity index (χ2n) is 6.86. The van der Waals surface area contributed by atoms with E-state index in [4.69, 9.17) is 0 Å². The summed E-state index contributed by atoms with van der Waals surface area (Å²) in [7, 11) is 1.35. The van der Waals surface area contributed by atoms with Crippen molar-refractivity contribution in [1.82, 2.24) is 19.7 Å². The fourth-order valence-electron chi connectivity index (χ4n) is 3.12. The molecule has 0 unspecified atom stereocenters. The molecule has 0 atom stereocenters. The van der Waals surface area contributed by atoms with E-state index in [-0.39, 0.29) is 5.69 Å². The minimum absolute atomic E-state index is 0.282. The van der Waals surface area contributed by atoms with Crippen LogP contribution < -0.4 is 16.6 Å². The van der Waals surface area contributed by atoms with Gasteiger partial charge in [0.25, 0.3) is 11.5 Å². The minimum Gasteiger partial charge on any atom is -0.350 e. The zero-order valence-electron chi connectivity index (χ0n) is 15.7. The van der Waals surface area contributed by atoms with Crippen molar-refractivity contribution >= 4 is 5.91 Å². The van der Waals surface area contributed by atoms with Crippen LogP contribution in [-0.4, -0.2) is 26.8 Å². The molecule has 0 radical (unpaired) electrons. The predicted octanol–water partition coefficient (Wildman–Crippen LogP) is 1.86. The predicted molar refractivity (Wildman–Crippen MR) is 103 cm³/mol. The average molecular weight is 368 g/mol. The molecule has 142 valence electrons. The summed E-state index contributed by atoms with van der Waals surface area (Å²) in [4.78, 5) is 37.2. The van der Waals surface area contributed by atoms with Gasteiger partial charge in [-0.05, 0) is 51.2 Å². The van der Waals surface area contributed by atoms with Crippen LogP contribution in [0.1, 0.15) is 48.2 Å². The zero-order chi connectivity index (χ0) is 19.4. The second kappa shape index (κ2) is 8.16. The molecule has 1 aromatic carbocycles. The number of aryl methyl sites for hydroxylation is 1. The summed E-state index contributed by atoms with van der Waals surface area (Å²) in [6.45, 7) is 2.38. The number of carbonyl (C=O) groups excluding carboxylic acids is 1. The molecule has 0 saturated carbocycles. The Kier molecular flexibility index (Phi) is 5.69. The van der Waals surface area contributed by atoms with Gasteiger partial charge in [-0.1, -0.05) is 29.3 Å². The van der Waals surface area contributed by atoms with Crippen LogP contribution in [-0.2, 0) is 7.05 Å². The van der Waals surface area contributed by atoms with E-state index >= 15 is 0 Å². The summed E-state index contributed by atoms with van der Waals surface area (Å²) in [5.41, 5.74) is 1.31. The lowest BCUT2D eigenvalue weighted by atomic mass is 9.97.